The second kappa shape index (κ2) is 7.82. The molecule has 2 aromatic rings. The van der Waals surface area contributed by atoms with Gasteiger partial charge in [-0.25, -0.2) is 8.42 Å². The molecule has 1 N–H and O–H groups in total. The molecule has 1 aliphatic heterocycles. The molecule has 1 amide bonds. The van der Waals surface area contributed by atoms with Gasteiger partial charge in [0.1, 0.15) is 0 Å². The molecule has 0 radical (unpaired) electrons. The van der Waals surface area contributed by atoms with Crippen LogP contribution in [0.5, 0.6) is 0 Å². The zero-order valence-electron chi connectivity index (χ0n) is 16.0. The molecule has 0 spiro atoms. The van der Waals surface area contributed by atoms with E-state index < -0.39 is 10.0 Å². The monoisotopic (exact) mass is 386 g/mol. The van der Waals surface area contributed by atoms with Crippen molar-refractivity contribution in [2.24, 2.45) is 5.92 Å². The molecular formula is C21H26N2O3S. The van der Waals surface area contributed by atoms with E-state index in [2.05, 4.69) is 12.2 Å². The smallest absolute Gasteiger partial charge is 0.255 e. The fourth-order valence-corrected chi connectivity index (χ4v) is 5.15. The summed E-state index contributed by atoms with van der Waals surface area (Å²) in [5, 5.41) is 2.91. The average Bonchev–Trinajstić information content (AvgIpc) is 2.65. The molecule has 0 aliphatic carbocycles. The Hall–Kier alpha value is -2.18. The standard InChI is InChI=1S/C21H26N2O3S/c1-15-7-6-12-23(14-15)27(25,26)19-11-5-10-18(13-19)21(24)22-20-16(2)8-4-9-17(20)3/h4-5,8-11,13,15H,6-7,12,14H2,1-3H3,(H,22,24). The Bertz CT molecular complexity index is 933. The van der Waals surface area contributed by atoms with Gasteiger partial charge in [-0.1, -0.05) is 31.2 Å². The Morgan fingerprint density at radius 2 is 1.78 bits per heavy atom. The molecule has 1 unspecified atom stereocenters. The minimum Gasteiger partial charge on any atom is -0.322 e. The zero-order chi connectivity index (χ0) is 19.6. The Kier molecular flexibility index (Phi) is 5.67. The first-order valence-electron chi connectivity index (χ1n) is 9.27. The highest BCUT2D eigenvalue weighted by Gasteiger charge is 2.29. The SMILES string of the molecule is Cc1cccc(C)c1NC(=O)c1cccc(S(=O)(=O)N2CCCC(C)C2)c1. The van der Waals surface area contributed by atoms with E-state index in [9.17, 15) is 13.2 Å². The molecule has 2 aromatic carbocycles. The van der Waals surface area contributed by atoms with Gasteiger partial charge in [0.25, 0.3) is 5.91 Å². The van der Waals surface area contributed by atoms with Gasteiger partial charge in [0.05, 0.1) is 4.90 Å². The van der Waals surface area contributed by atoms with E-state index >= 15 is 0 Å². The highest BCUT2D eigenvalue weighted by Crippen LogP contribution is 2.25. The fraction of sp³-hybridized carbons (Fsp3) is 0.381. The quantitative estimate of drug-likeness (QED) is 0.864. The van der Waals surface area contributed by atoms with E-state index in [0.29, 0.717) is 24.6 Å². The lowest BCUT2D eigenvalue weighted by atomic mass is 10.0. The fourth-order valence-electron chi connectivity index (χ4n) is 3.51. The maximum absolute atomic E-state index is 13.0. The lowest BCUT2D eigenvalue weighted by Gasteiger charge is -2.30. The summed E-state index contributed by atoms with van der Waals surface area (Å²) in [5.74, 6) is 0.0421. The van der Waals surface area contributed by atoms with Crippen LogP contribution >= 0.6 is 0 Å². The van der Waals surface area contributed by atoms with Crippen molar-refractivity contribution in [1.29, 1.82) is 0 Å². The summed E-state index contributed by atoms with van der Waals surface area (Å²) in [6.07, 6.45) is 1.91. The third kappa shape index (κ3) is 4.22. The molecule has 0 aromatic heterocycles. The van der Waals surface area contributed by atoms with E-state index in [1.54, 1.807) is 18.2 Å². The molecule has 0 saturated carbocycles. The van der Waals surface area contributed by atoms with Crippen molar-refractivity contribution >= 4 is 21.6 Å². The molecule has 6 heteroatoms. The van der Waals surface area contributed by atoms with Crippen LogP contribution < -0.4 is 5.32 Å². The van der Waals surface area contributed by atoms with E-state index in [0.717, 1.165) is 29.7 Å². The molecular weight excluding hydrogens is 360 g/mol. The summed E-state index contributed by atoms with van der Waals surface area (Å²) >= 11 is 0. The molecule has 1 saturated heterocycles. The number of hydrogen-bond donors (Lipinski definition) is 1. The lowest BCUT2D eigenvalue weighted by Crippen LogP contribution is -2.39. The Balaban J connectivity index is 1.86. The first-order chi connectivity index (χ1) is 12.8. The maximum Gasteiger partial charge on any atom is 0.255 e. The van der Waals surface area contributed by atoms with Crippen LogP contribution in [0.4, 0.5) is 5.69 Å². The van der Waals surface area contributed by atoms with Crippen molar-refractivity contribution in [1.82, 2.24) is 4.31 Å². The van der Waals surface area contributed by atoms with Crippen molar-refractivity contribution in [3.05, 3.63) is 59.2 Å². The number of para-hydroxylation sites is 1. The predicted molar refractivity (Wildman–Crippen MR) is 107 cm³/mol. The minimum atomic E-state index is -3.59. The van der Waals surface area contributed by atoms with Crippen molar-refractivity contribution < 1.29 is 13.2 Å². The topological polar surface area (TPSA) is 66.5 Å². The van der Waals surface area contributed by atoms with Crippen molar-refractivity contribution in [2.75, 3.05) is 18.4 Å². The van der Waals surface area contributed by atoms with Gasteiger partial charge in [-0.2, -0.15) is 4.31 Å². The minimum absolute atomic E-state index is 0.172. The normalized spacial score (nSPS) is 18.3. The summed E-state index contributed by atoms with van der Waals surface area (Å²) < 4.78 is 27.5. The maximum atomic E-state index is 13.0. The van der Waals surface area contributed by atoms with Crippen LogP contribution in [0.2, 0.25) is 0 Å². The number of aryl methyl sites for hydroxylation is 2. The highest BCUT2D eigenvalue weighted by atomic mass is 32.2. The zero-order valence-corrected chi connectivity index (χ0v) is 16.8. The average molecular weight is 387 g/mol. The Morgan fingerprint density at radius 1 is 1.11 bits per heavy atom. The summed E-state index contributed by atoms with van der Waals surface area (Å²) in [7, 11) is -3.59. The van der Waals surface area contributed by atoms with Gasteiger partial charge in [-0.05, 0) is 61.9 Å². The summed E-state index contributed by atoms with van der Waals surface area (Å²) in [6, 6.07) is 12.1. The van der Waals surface area contributed by atoms with Gasteiger partial charge in [-0.15, -0.1) is 0 Å². The number of nitrogens with one attached hydrogen (secondary N) is 1. The van der Waals surface area contributed by atoms with E-state index in [-0.39, 0.29) is 10.8 Å². The van der Waals surface area contributed by atoms with Crippen LogP contribution in [-0.2, 0) is 10.0 Å². The number of sulfonamides is 1. The Labute approximate surface area is 161 Å². The first kappa shape index (κ1) is 19.6. The van der Waals surface area contributed by atoms with Crippen molar-refractivity contribution in [2.45, 2.75) is 38.5 Å². The molecule has 5 nitrogen and oxygen atoms in total. The molecule has 1 fully saturated rings. The van der Waals surface area contributed by atoms with Crippen LogP contribution in [0.25, 0.3) is 0 Å². The highest BCUT2D eigenvalue weighted by molar-refractivity contribution is 7.89. The first-order valence-corrected chi connectivity index (χ1v) is 10.7. The van der Waals surface area contributed by atoms with Crippen LogP contribution in [0.15, 0.2) is 47.4 Å². The van der Waals surface area contributed by atoms with E-state index in [1.807, 2.05) is 32.0 Å². The molecule has 27 heavy (non-hydrogen) atoms. The number of carbonyl (C=O) groups excluding carboxylic acids is 1. The number of piperidine rings is 1. The van der Waals surface area contributed by atoms with Gasteiger partial charge in [0, 0.05) is 24.3 Å². The second-order valence-corrected chi connectivity index (χ2v) is 9.30. The predicted octanol–water partition coefficient (Wildman–Crippen LogP) is 3.98. The molecule has 144 valence electrons. The number of amides is 1. The summed E-state index contributed by atoms with van der Waals surface area (Å²) in [5.41, 5.74) is 3.04. The number of nitrogens with zero attached hydrogens (tertiary/aromatic N) is 1. The molecule has 1 heterocycles. The van der Waals surface area contributed by atoms with Gasteiger partial charge in [0.2, 0.25) is 10.0 Å². The van der Waals surface area contributed by atoms with Gasteiger partial charge in [-0.3, -0.25) is 4.79 Å². The number of hydrogen-bond acceptors (Lipinski definition) is 3. The van der Waals surface area contributed by atoms with Crippen LogP contribution in [-0.4, -0.2) is 31.7 Å². The number of anilines is 1. The third-order valence-electron chi connectivity index (χ3n) is 5.07. The number of benzene rings is 2. The van der Waals surface area contributed by atoms with Gasteiger partial charge >= 0.3 is 0 Å². The van der Waals surface area contributed by atoms with Crippen LogP contribution in [0.3, 0.4) is 0 Å². The van der Waals surface area contributed by atoms with Crippen LogP contribution in [0, 0.1) is 19.8 Å². The molecule has 1 aliphatic rings. The Morgan fingerprint density at radius 3 is 2.44 bits per heavy atom. The van der Waals surface area contributed by atoms with Gasteiger partial charge < -0.3 is 5.32 Å². The summed E-state index contributed by atoms with van der Waals surface area (Å²) in [6.45, 7) is 6.99. The van der Waals surface area contributed by atoms with Crippen molar-refractivity contribution in [3.63, 3.8) is 0 Å². The number of rotatable bonds is 4. The molecule has 3 rings (SSSR count). The largest absolute Gasteiger partial charge is 0.322 e. The van der Waals surface area contributed by atoms with E-state index in [1.165, 1.54) is 10.4 Å². The molecule has 0 bridgehead atoms. The summed E-state index contributed by atoms with van der Waals surface area (Å²) in [4.78, 5) is 12.9. The van der Waals surface area contributed by atoms with Crippen LogP contribution in [0.1, 0.15) is 41.3 Å². The molecule has 1 atom stereocenters. The second-order valence-electron chi connectivity index (χ2n) is 7.36. The van der Waals surface area contributed by atoms with Gasteiger partial charge in [0.15, 0.2) is 0 Å². The third-order valence-corrected chi connectivity index (χ3v) is 6.93. The van der Waals surface area contributed by atoms with Crippen molar-refractivity contribution in [3.8, 4) is 0 Å². The lowest BCUT2D eigenvalue weighted by molar-refractivity contribution is 0.102. The number of carbonyl (C=O) groups is 1. The van der Waals surface area contributed by atoms with E-state index in [4.69, 9.17) is 0 Å².